The van der Waals surface area contributed by atoms with Gasteiger partial charge in [-0.3, -0.25) is 4.79 Å². The van der Waals surface area contributed by atoms with Gasteiger partial charge in [0.15, 0.2) is 12.4 Å². The van der Waals surface area contributed by atoms with Crippen molar-refractivity contribution < 1.29 is 14.1 Å². The van der Waals surface area contributed by atoms with E-state index in [9.17, 15) is 4.79 Å². The van der Waals surface area contributed by atoms with Crippen LogP contribution in [0.1, 0.15) is 71.9 Å². The number of ether oxygens (including phenoxy) is 1. The summed E-state index contributed by atoms with van der Waals surface area (Å²) in [6, 6.07) is 7.20. The summed E-state index contributed by atoms with van der Waals surface area (Å²) in [6.45, 7) is 3.64. The van der Waals surface area contributed by atoms with Gasteiger partial charge < -0.3 is 18.7 Å². The third-order valence-electron chi connectivity index (χ3n) is 5.99. The van der Waals surface area contributed by atoms with Crippen LogP contribution in [0.5, 0.6) is 5.75 Å². The molecule has 0 spiro atoms. The van der Waals surface area contributed by atoms with Gasteiger partial charge >= 0.3 is 0 Å². The van der Waals surface area contributed by atoms with Crippen LogP contribution < -0.4 is 4.74 Å². The number of carbonyl (C=O) groups is 1. The predicted molar refractivity (Wildman–Crippen MR) is 110 cm³/mol. The highest BCUT2D eigenvalue weighted by atomic mass is 16.5. The van der Waals surface area contributed by atoms with Crippen LogP contribution in [-0.4, -0.2) is 42.3 Å². The maximum absolute atomic E-state index is 13.3. The van der Waals surface area contributed by atoms with E-state index in [1.165, 1.54) is 6.42 Å². The molecule has 1 fully saturated rings. The van der Waals surface area contributed by atoms with Gasteiger partial charge in [-0.25, -0.2) is 0 Å². The van der Waals surface area contributed by atoms with Crippen LogP contribution in [0.25, 0.3) is 0 Å². The van der Waals surface area contributed by atoms with Gasteiger partial charge in [-0.05, 0) is 49.9 Å². The second-order valence-corrected chi connectivity index (χ2v) is 8.14. The summed E-state index contributed by atoms with van der Waals surface area (Å²) >= 11 is 0. The van der Waals surface area contributed by atoms with Crippen molar-refractivity contribution in [3.05, 3.63) is 53.2 Å². The molecule has 4 heterocycles. The molecule has 0 radical (unpaired) electrons. The van der Waals surface area contributed by atoms with Crippen LogP contribution in [0.2, 0.25) is 0 Å². The van der Waals surface area contributed by atoms with Crippen molar-refractivity contribution in [1.82, 2.24) is 29.8 Å². The SMILES string of the molecule is Cc1nc(COc2ccc(C(=O)N3CCCC3c3nnc4n3CCCCC4)cc2)no1. The van der Waals surface area contributed by atoms with Gasteiger partial charge in [0.25, 0.3) is 5.91 Å². The molecule has 0 aliphatic carbocycles. The summed E-state index contributed by atoms with van der Waals surface area (Å²) in [7, 11) is 0. The van der Waals surface area contributed by atoms with Gasteiger partial charge in [0, 0.05) is 32.0 Å². The molecule has 1 amide bonds. The van der Waals surface area contributed by atoms with E-state index in [0.717, 1.165) is 56.8 Å². The number of amides is 1. The van der Waals surface area contributed by atoms with Gasteiger partial charge in [-0.1, -0.05) is 11.6 Å². The Kier molecular flexibility index (Phi) is 5.40. The van der Waals surface area contributed by atoms with Crippen molar-refractivity contribution in [3.8, 4) is 5.75 Å². The van der Waals surface area contributed by atoms with Gasteiger partial charge in [-0.15, -0.1) is 10.2 Å². The first kappa shape index (κ1) is 19.7. The number of carbonyl (C=O) groups excluding carboxylic acids is 1. The third kappa shape index (κ3) is 4.04. The van der Waals surface area contributed by atoms with Crippen LogP contribution in [-0.2, 0) is 19.6 Å². The Balaban J connectivity index is 1.28. The first-order valence-electron chi connectivity index (χ1n) is 10.9. The number of rotatable bonds is 5. The molecular weight excluding hydrogens is 396 g/mol. The molecular formula is C22H26N6O3. The molecule has 2 aliphatic heterocycles. The molecule has 0 saturated carbocycles. The van der Waals surface area contributed by atoms with Crippen molar-refractivity contribution in [3.63, 3.8) is 0 Å². The van der Waals surface area contributed by atoms with Crippen molar-refractivity contribution in [2.45, 2.75) is 64.6 Å². The number of nitrogens with zero attached hydrogens (tertiary/aromatic N) is 6. The third-order valence-corrected chi connectivity index (χ3v) is 5.99. The lowest BCUT2D eigenvalue weighted by Crippen LogP contribution is -2.32. The average molecular weight is 422 g/mol. The molecule has 1 atom stereocenters. The first-order chi connectivity index (χ1) is 15.2. The molecule has 162 valence electrons. The Hall–Kier alpha value is -3.23. The molecule has 9 nitrogen and oxygen atoms in total. The van der Waals surface area contributed by atoms with Crippen LogP contribution in [0.3, 0.4) is 0 Å². The summed E-state index contributed by atoms with van der Waals surface area (Å²) in [5.41, 5.74) is 0.644. The second-order valence-electron chi connectivity index (χ2n) is 8.14. The van der Waals surface area contributed by atoms with Gasteiger partial charge in [0.1, 0.15) is 11.6 Å². The molecule has 31 heavy (non-hydrogen) atoms. The summed E-state index contributed by atoms with van der Waals surface area (Å²) in [6.07, 6.45) is 6.39. The van der Waals surface area contributed by atoms with E-state index in [1.54, 1.807) is 31.2 Å². The minimum atomic E-state index is -0.00995. The zero-order valence-electron chi connectivity index (χ0n) is 17.7. The Labute approximate surface area is 180 Å². The highest BCUT2D eigenvalue weighted by molar-refractivity contribution is 5.94. The van der Waals surface area contributed by atoms with Crippen molar-refractivity contribution in [2.75, 3.05) is 6.54 Å². The number of benzene rings is 1. The minimum absolute atomic E-state index is 0.00995. The second kappa shape index (κ2) is 8.49. The molecule has 1 aromatic carbocycles. The predicted octanol–water partition coefficient (Wildman–Crippen LogP) is 3.25. The molecule has 0 N–H and O–H groups in total. The molecule has 2 aromatic heterocycles. The van der Waals surface area contributed by atoms with Crippen molar-refractivity contribution in [2.24, 2.45) is 0 Å². The summed E-state index contributed by atoms with van der Waals surface area (Å²) < 4.78 is 12.9. The smallest absolute Gasteiger partial charge is 0.254 e. The lowest BCUT2D eigenvalue weighted by atomic mass is 10.1. The quantitative estimate of drug-likeness (QED) is 0.622. The average Bonchev–Trinajstić information content (AvgIpc) is 3.49. The number of hydrogen-bond donors (Lipinski definition) is 0. The van der Waals surface area contributed by atoms with E-state index in [1.807, 2.05) is 4.90 Å². The number of aromatic nitrogens is 5. The van der Waals surface area contributed by atoms with E-state index in [4.69, 9.17) is 9.26 Å². The molecule has 3 aromatic rings. The zero-order chi connectivity index (χ0) is 21.2. The Morgan fingerprint density at radius 1 is 1.13 bits per heavy atom. The summed E-state index contributed by atoms with van der Waals surface area (Å²) in [4.78, 5) is 19.3. The number of likely N-dealkylation sites (tertiary alicyclic amines) is 1. The van der Waals surface area contributed by atoms with Gasteiger partial charge in [0.2, 0.25) is 11.7 Å². The van der Waals surface area contributed by atoms with Crippen LogP contribution in [0.4, 0.5) is 0 Å². The van der Waals surface area contributed by atoms with E-state index in [-0.39, 0.29) is 18.6 Å². The van der Waals surface area contributed by atoms with Crippen LogP contribution >= 0.6 is 0 Å². The summed E-state index contributed by atoms with van der Waals surface area (Å²) in [5, 5.41) is 12.7. The fourth-order valence-electron chi connectivity index (χ4n) is 4.44. The normalized spacial score (nSPS) is 18.6. The van der Waals surface area contributed by atoms with E-state index in [2.05, 4.69) is 24.9 Å². The number of aryl methyl sites for hydroxylation is 2. The molecule has 5 rings (SSSR count). The number of hydrogen-bond acceptors (Lipinski definition) is 7. The van der Waals surface area contributed by atoms with Crippen LogP contribution in [0, 0.1) is 6.92 Å². The lowest BCUT2D eigenvalue weighted by molar-refractivity contribution is 0.0727. The maximum Gasteiger partial charge on any atom is 0.254 e. The minimum Gasteiger partial charge on any atom is -0.485 e. The monoisotopic (exact) mass is 422 g/mol. The Morgan fingerprint density at radius 3 is 2.81 bits per heavy atom. The fourth-order valence-corrected chi connectivity index (χ4v) is 4.44. The standard InChI is InChI=1S/C22H26N6O3/c1-15-23-19(26-31-15)14-30-17-10-8-16(9-11-17)22(29)27-13-5-6-18(27)21-25-24-20-7-3-2-4-12-28(20)21/h8-11,18H,2-7,12-14H2,1H3. The fraction of sp³-hybridized carbons (Fsp3) is 0.500. The zero-order valence-corrected chi connectivity index (χ0v) is 17.7. The highest BCUT2D eigenvalue weighted by Gasteiger charge is 2.34. The van der Waals surface area contributed by atoms with E-state index >= 15 is 0 Å². The summed E-state index contributed by atoms with van der Waals surface area (Å²) in [5.74, 6) is 3.67. The Morgan fingerprint density at radius 2 is 2.00 bits per heavy atom. The van der Waals surface area contributed by atoms with Crippen molar-refractivity contribution in [1.29, 1.82) is 0 Å². The molecule has 2 aliphatic rings. The maximum atomic E-state index is 13.3. The molecule has 1 unspecified atom stereocenters. The van der Waals surface area contributed by atoms with E-state index in [0.29, 0.717) is 23.0 Å². The van der Waals surface area contributed by atoms with Crippen molar-refractivity contribution >= 4 is 5.91 Å². The largest absolute Gasteiger partial charge is 0.485 e. The molecule has 9 heteroatoms. The number of fused-ring (bicyclic) bond motifs is 1. The molecule has 1 saturated heterocycles. The molecule has 0 bridgehead atoms. The Bertz CT molecular complexity index is 1060. The van der Waals surface area contributed by atoms with Gasteiger partial charge in [-0.2, -0.15) is 4.98 Å². The first-order valence-corrected chi connectivity index (χ1v) is 10.9. The van der Waals surface area contributed by atoms with Crippen LogP contribution in [0.15, 0.2) is 28.8 Å². The lowest BCUT2D eigenvalue weighted by Gasteiger charge is -2.25. The van der Waals surface area contributed by atoms with Gasteiger partial charge in [0.05, 0.1) is 6.04 Å². The van der Waals surface area contributed by atoms with E-state index < -0.39 is 0 Å². The highest BCUT2D eigenvalue weighted by Crippen LogP contribution is 2.33. The topological polar surface area (TPSA) is 99.2 Å².